The van der Waals surface area contributed by atoms with Crippen LogP contribution in [-0.2, 0) is 0 Å². The lowest BCUT2D eigenvalue weighted by atomic mass is 10.0. The zero-order chi connectivity index (χ0) is 11.7. The molecule has 1 fully saturated rings. The Morgan fingerprint density at radius 1 is 1.42 bits per heavy atom. The third-order valence-electron chi connectivity index (χ3n) is 3.01. The molecule has 0 aliphatic carbocycles. The van der Waals surface area contributed by atoms with E-state index in [0.29, 0.717) is 11.6 Å². The number of nitrogens with one attached hydrogen (secondary N) is 2. The topological polar surface area (TPSA) is 58.4 Å². The second kappa shape index (κ2) is 6.75. The van der Waals surface area contributed by atoms with Gasteiger partial charge in [0, 0.05) is 37.9 Å². The van der Waals surface area contributed by atoms with Crippen molar-refractivity contribution in [3.05, 3.63) is 36.3 Å². The number of pyridine rings is 1. The molecule has 0 bridgehead atoms. The van der Waals surface area contributed by atoms with Crippen LogP contribution in [0.15, 0.2) is 30.6 Å². The Morgan fingerprint density at radius 2 is 2.21 bits per heavy atom. The minimum absolute atomic E-state index is 0. The fourth-order valence-corrected chi connectivity index (χ4v) is 1.86. The van der Waals surface area contributed by atoms with Crippen molar-refractivity contribution in [1.82, 2.24) is 20.0 Å². The van der Waals surface area contributed by atoms with Crippen LogP contribution in [-0.4, -0.2) is 34.9 Å². The number of rotatable bonds is 3. The first-order valence-corrected chi connectivity index (χ1v) is 5.75. The summed E-state index contributed by atoms with van der Waals surface area (Å²) in [5, 5.41) is 6.08. The van der Waals surface area contributed by atoms with Crippen LogP contribution in [0.5, 0.6) is 0 Å². The summed E-state index contributed by atoms with van der Waals surface area (Å²) in [5.74, 6) is 0.469. The molecule has 0 spiro atoms. The van der Waals surface area contributed by atoms with E-state index in [2.05, 4.69) is 15.6 Å². The maximum atomic E-state index is 11.9. The molecule has 7 heteroatoms. The smallest absolute Gasteiger partial charge is 0.271 e. The molecule has 2 N–H and O–H groups in total. The monoisotopic (exact) mass is 302 g/mol. The van der Waals surface area contributed by atoms with E-state index in [0.717, 1.165) is 25.3 Å². The summed E-state index contributed by atoms with van der Waals surface area (Å²) >= 11 is 0. The van der Waals surface area contributed by atoms with Crippen LogP contribution >= 0.6 is 24.8 Å². The van der Waals surface area contributed by atoms with Crippen molar-refractivity contribution in [2.24, 2.45) is 5.92 Å². The number of nitrogens with zero attached hydrogens (tertiary/aromatic N) is 2. The fraction of sp³-hybridized carbons (Fsp3) is 0.333. The first kappa shape index (κ1) is 15.8. The number of carbonyl (C=O) groups is 1. The highest BCUT2D eigenvalue weighted by atomic mass is 35.5. The molecule has 3 rings (SSSR count). The maximum Gasteiger partial charge on any atom is 0.271 e. The highest BCUT2D eigenvalue weighted by molar-refractivity contribution is 5.92. The Kier molecular flexibility index (Phi) is 5.60. The van der Waals surface area contributed by atoms with Crippen LogP contribution in [0.1, 0.15) is 10.5 Å². The summed E-state index contributed by atoms with van der Waals surface area (Å²) in [6.07, 6.45) is 3.64. The molecule has 1 amide bonds. The van der Waals surface area contributed by atoms with Crippen molar-refractivity contribution in [1.29, 1.82) is 0 Å². The summed E-state index contributed by atoms with van der Waals surface area (Å²) in [4.78, 5) is 16.1. The molecule has 0 saturated carbocycles. The Morgan fingerprint density at radius 3 is 2.84 bits per heavy atom. The predicted octanol–water partition coefficient (Wildman–Crippen LogP) is 1.13. The Bertz CT molecular complexity index is 520. The Labute approximate surface area is 123 Å². The standard InChI is InChI=1S/C12H14N4O.2ClH/c17-12(14-7-9-5-13-6-9)10-8-16-4-2-1-3-11(16)15-10;;/h1-4,8-9,13H,5-7H2,(H,14,17);2*1H. The average Bonchev–Trinajstić information content (AvgIpc) is 2.70. The highest BCUT2D eigenvalue weighted by Gasteiger charge is 2.18. The highest BCUT2D eigenvalue weighted by Crippen LogP contribution is 2.05. The first-order valence-electron chi connectivity index (χ1n) is 5.75. The third kappa shape index (κ3) is 3.37. The van der Waals surface area contributed by atoms with E-state index < -0.39 is 0 Å². The van der Waals surface area contributed by atoms with Gasteiger partial charge in [0.15, 0.2) is 0 Å². The summed E-state index contributed by atoms with van der Waals surface area (Å²) < 4.78 is 1.85. The Balaban J connectivity index is 0.000000902. The van der Waals surface area contributed by atoms with Crippen molar-refractivity contribution in [3.63, 3.8) is 0 Å². The molecule has 0 radical (unpaired) electrons. The minimum Gasteiger partial charge on any atom is -0.350 e. The first-order chi connectivity index (χ1) is 8.33. The molecule has 3 heterocycles. The quantitative estimate of drug-likeness (QED) is 0.893. The summed E-state index contributed by atoms with van der Waals surface area (Å²) in [5.41, 5.74) is 1.27. The number of aromatic nitrogens is 2. The van der Waals surface area contributed by atoms with E-state index in [1.165, 1.54) is 0 Å². The van der Waals surface area contributed by atoms with Gasteiger partial charge in [-0.25, -0.2) is 4.98 Å². The van der Waals surface area contributed by atoms with Gasteiger partial charge < -0.3 is 15.0 Å². The number of halogens is 2. The predicted molar refractivity (Wildman–Crippen MR) is 78.4 cm³/mol. The van der Waals surface area contributed by atoms with Crippen LogP contribution in [0.25, 0.3) is 5.65 Å². The van der Waals surface area contributed by atoms with Crippen LogP contribution in [0, 0.1) is 5.92 Å². The molecule has 1 saturated heterocycles. The molecular weight excluding hydrogens is 287 g/mol. The summed E-state index contributed by atoms with van der Waals surface area (Å²) in [6.45, 7) is 2.70. The van der Waals surface area contributed by atoms with Crippen LogP contribution in [0.2, 0.25) is 0 Å². The minimum atomic E-state index is -0.0967. The van der Waals surface area contributed by atoms with Crippen LogP contribution in [0.3, 0.4) is 0 Å². The molecule has 2 aromatic rings. The van der Waals surface area contributed by atoms with E-state index in [4.69, 9.17) is 0 Å². The number of amides is 1. The fourth-order valence-electron chi connectivity index (χ4n) is 1.86. The summed E-state index contributed by atoms with van der Waals surface area (Å²) in [7, 11) is 0. The van der Waals surface area contributed by atoms with Crippen molar-refractivity contribution >= 4 is 36.4 Å². The number of fused-ring (bicyclic) bond motifs is 1. The zero-order valence-electron chi connectivity index (χ0n) is 10.2. The van der Waals surface area contributed by atoms with Crippen molar-refractivity contribution in [2.45, 2.75) is 0 Å². The van der Waals surface area contributed by atoms with Gasteiger partial charge in [-0.3, -0.25) is 4.79 Å². The molecule has 0 atom stereocenters. The molecule has 0 aromatic carbocycles. The second-order valence-electron chi connectivity index (χ2n) is 4.33. The van der Waals surface area contributed by atoms with Gasteiger partial charge in [0.1, 0.15) is 11.3 Å². The van der Waals surface area contributed by atoms with E-state index >= 15 is 0 Å². The Hall–Kier alpha value is -1.30. The molecule has 5 nitrogen and oxygen atoms in total. The van der Waals surface area contributed by atoms with Crippen LogP contribution in [0.4, 0.5) is 0 Å². The van der Waals surface area contributed by atoms with Crippen molar-refractivity contribution < 1.29 is 4.79 Å². The van der Waals surface area contributed by atoms with E-state index in [9.17, 15) is 4.79 Å². The number of hydrogen-bond donors (Lipinski definition) is 2. The molecule has 2 aromatic heterocycles. The third-order valence-corrected chi connectivity index (χ3v) is 3.01. The summed E-state index contributed by atoms with van der Waals surface area (Å²) in [6, 6.07) is 5.70. The van der Waals surface area contributed by atoms with Gasteiger partial charge >= 0.3 is 0 Å². The normalized spacial score (nSPS) is 14.1. The second-order valence-corrected chi connectivity index (χ2v) is 4.33. The number of hydrogen-bond acceptors (Lipinski definition) is 3. The van der Waals surface area contributed by atoms with Crippen molar-refractivity contribution in [3.8, 4) is 0 Å². The van der Waals surface area contributed by atoms with Gasteiger partial charge in [-0.15, -0.1) is 24.8 Å². The lowest BCUT2D eigenvalue weighted by Crippen LogP contribution is -2.48. The van der Waals surface area contributed by atoms with E-state index in [1.807, 2.05) is 28.8 Å². The zero-order valence-corrected chi connectivity index (χ0v) is 11.8. The van der Waals surface area contributed by atoms with E-state index in [1.54, 1.807) is 6.20 Å². The lowest BCUT2D eigenvalue weighted by Gasteiger charge is -2.26. The van der Waals surface area contributed by atoms with Gasteiger partial charge in [-0.05, 0) is 12.1 Å². The van der Waals surface area contributed by atoms with Crippen LogP contribution < -0.4 is 10.6 Å². The van der Waals surface area contributed by atoms with Gasteiger partial charge in [-0.1, -0.05) is 6.07 Å². The molecular formula is C12H16Cl2N4O. The van der Waals surface area contributed by atoms with Gasteiger partial charge in [0.2, 0.25) is 0 Å². The van der Waals surface area contributed by atoms with E-state index in [-0.39, 0.29) is 30.7 Å². The maximum absolute atomic E-state index is 11.9. The van der Waals surface area contributed by atoms with Gasteiger partial charge in [-0.2, -0.15) is 0 Å². The molecule has 0 unspecified atom stereocenters. The largest absolute Gasteiger partial charge is 0.350 e. The molecule has 19 heavy (non-hydrogen) atoms. The van der Waals surface area contributed by atoms with Gasteiger partial charge in [0.25, 0.3) is 5.91 Å². The van der Waals surface area contributed by atoms with Crippen molar-refractivity contribution in [2.75, 3.05) is 19.6 Å². The molecule has 104 valence electrons. The lowest BCUT2D eigenvalue weighted by molar-refractivity contribution is 0.0938. The average molecular weight is 303 g/mol. The van der Waals surface area contributed by atoms with Gasteiger partial charge in [0.05, 0.1) is 0 Å². The number of imidazole rings is 1. The molecule has 1 aliphatic rings. The SMILES string of the molecule is Cl.Cl.O=C(NCC1CNC1)c1cn2ccccc2n1. The molecule has 1 aliphatic heterocycles. The number of carbonyl (C=O) groups excluding carboxylic acids is 1.